The van der Waals surface area contributed by atoms with Gasteiger partial charge in [-0.1, -0.05) is 19.1 Å². The summed E-state index contributed by atoms with van der Waals surface area (Å²) in [4.78, 5) is 11.4. The quantitative estimate of drug-likeness (QED) is 0.791. The summed E-state index contributed by atoms with van der Waals surface area (Å²) in [5.74, 6) is -0.828. The molecule has 0 aliphatic carbocycles. The molecule has 0 amide bonds. The molecule has 0 aromatic heterocycles. The number of methoxy groups -OCH3 is 1. The molecule has 0 N–H and O–H groups in total. The Morgan fingerprint density at radius 3 is 1.95 bits per heavy atom. The van der Waals surface area contributed by atoms with Crippen LogP contribution >= 0.6 is 0 Å². The third-order valence-electron chi connectivity index (χ3n) is 3.22. The number of hydrogen-bond acceptors (Lipinski definition) is 2. The molecule has 0 saturated carbocycles. The summed E-state index contributed by atoms with van der Waals surface area (Å²) >= 11 is 0. The second kappa shape index (κ2) is 6.48. The molecular weight excluding hydrogens is 274 g/mol. The molecule has 2 aromatic carbocycles. The first-order valence-electron chi connectivity index (χ1n) is 6.56. The van der Waals surface area contributed by atoms with Crippen LogP contribution in [0.2, 0.25) is 0 Å². The predicted molar refractivity (Wildman–Crippen MR) is 75.9 cm³/mol. The van der Waals surface area contributed by atoms with Gasteiger partial charge in [0, 0.05) is 12.0 Å². The summed E-state index contributed by atoms with van der Waals surface area (Å²) in [6, 6.07) is 10.2. The molecule has 0 aliphatic heterocycles. The number of hydrogen-bond donors (Lipinski definition) is 0. The molecule has 0 atom stereocenters. The van der Waals surface area contributed by atoms with Gasteiger partial charge < -0.3 is 4.74 Å². The third kappa shape index (κ3) is 3.45. The molecular formula is C17H15F2O2. The monoisotopic (exact) mass is 289 g/mol. The molecule has 2 aromatic rings. The smallest absolute Gasteiger partial charge is 0.337 e. The van der Waals surface area contributed by atoms with Gasteiger partial charge in [-0.25, -0.2) is 13.6 Å². The molecule has 0 aliphatic rings. The van der Waals surface area contributed by atoms with Crippen molar-refractivity contribution in [2.75, 3.05) is 7.11 Å². The maximum absolute atomic E-state index is 13.3. The fourth-order valence-corrected chi connectivity index (χ4v) is 2.23. The summed E-state index contributed by atoms with van der Waals surface area (Å²) in [5, 5.41) is 0. The van der Waals surface area contributed by atoms with Gasteiger partial charge in [-0.05, 0) is 41.8 Å². The summed E-state index contributed by atoms with van der Waals surface area (Å²) in [6.45, 7) is 1.91. The molecule has 1 radical (unpaired) electrons. The number of rotatable bonds is 4. The van der Waals surface area contributed by atoms with Crippen LogP contribution in [-0.4, -0.2) is 13.1 Å². The summed E-state index contributed by atoms with van der Waals surface area (Å²) in [6.07, 6.45) is 0.612. The Morgan fingerprint density at radius 1 is 0.952 bits per heavy atom. The minimum atomic E-state index is -0.609. The zero-order chi connectivity index (χ0) is 15.4. The highest BCUT2D eigenvalue weighted by Gasteiger charge is 2.16. The van der Waals surface area contributed by atoms with E-state index in [0.29, 0.717) is 17.5 Å². The highest BCUT2D eigenvalue weighted by atomic mass is 19.1. The standard InChI is InChI=1S/C17H15F2O2/c1-3-16(13-8-14(18)10-15(19)9-13)11-4-6-12(7-5-11)17(20)21-2/h4-10H,3H2,1-2H3. The Balaban J connectivity index is 2.35. The number of esters is 1. The van der Waals surface area contributed by atoms with Crippen molar-refractivity contribution in [2.45, 2.75) is 13.3 Å². The van der Waals surface area contributed by atoms with E-state index >= 15 is 0 Å². The SMILES string of the molecule is CC[C](c1ccc(C(=O)OC)cc1)c1cc(F)cc(F)c1. The highest BCUT2D eigenvalue weighted by Crippen LogP contribution is 2.28. The van der Waals surface area contributed by atoms with E-state index in [1.165, 1.54) is 19.2 Å². The Hall–Kier alpha value is -2.23. The van der Waals surface area contributed by atoms with Gasteiger partial charge in [0.2, 0.25) is 0 Å². The molecule has 21 heavy (non-hydrogen) atoms. The molecule has 2 nitrogen and oxygen atoms in total. The molecule has 0 spiro atoms. The zero-order valence-corrected chi connectivity index (χ0v) is 11.8. The van der Waals surface area contributed by atoms with Crippen LogP contribution in [-0.2, 0) is 4.74 Å². The van der Waals surface area contributed by atoms with Crippen LogP contribution < -0.4 is 0 Å². The lowest BCUT2D eigenvalue weighted by molar-refractivity contribution is 0.0600. The zero-order valence-electron chi connectivity index (χ0n) is 11.8. The highest BCUT2D eigenvalue weighted by molar-refractivity contribution is 5.89. The van der Waals surface area contributed by atoms with E-state index in [-0.39, 0.29) is 0 Å². The molecule has 2 rings (SSSR count). The normalized spacial score (nSPS) is 10.7. The molecule has 0 heterocycles. The van der Waals surface area contributed by atoms with Crippen molar-refractivity contribution in [3.63, 3.8) is 0 Å². The lowest BCUT2D eigenvalue weighted by Crippen LogP contribution is -2.05. The van der Waals surface area contributed by atoms with Crippen molar-refractivity contribution in [2.24, 2.45) is 0 Å². The summed E-state index contributed by atoms with van der Waals surface area (Å²) in [5.41, 5.74) is 1.75. The van der Waals surface area contributed by atoms with Gasteiger partial charge in [0.25, 0.3) is 0 Å². The van der Waals surface area contributed by atoms with E-state index < -0.39 is 17.6 Å². The topological polar surface area (TPSA) is 26.3 Å². The van der Waals surface area contributed by atoms with Gasteiger partial charge in [0.05, 0.1) is 12.7 Å². The van der Waals surface area contributed by atoms with E-state index in [4.69, 9.17) is 0 Å². The molecule has 0 fully saturated rings. The number of halogens is 2. The number of carbonyl (C=O) groups is 1. The Kier molecular flexibility index (Phi) is 4.68. The van der Waals surface area contributed by atoms with Crippen LogP contribution in [0, 0.1) is 17.6 Å². The van der Waals surface area contributed by atoms with Crippen LogP contribution in [0.25, 0.3) is 0 Å². The van der Waals surface area contributed by atoms with Crippen LogP contribution in [0.3, 0.4) is 0 Å². The third-order valence-corrected chi connectivity index (χ3v) is 3.22. The van der Waals surface area contributed by atoms with Gasteiger partial charge in [-0.2, -0.15) is 0 Å². The van der Waals surface area contributed by atoms with Crippen molar-refractivity contribution >= 4 is 5.97 Å². The van der Waals surface area contributed by atoms with E-state index in [1.807, 2.05) is 6.92 Å². The largest absolute Gasteiger partial charge is 0.465 e. The average molecular weight is 289 g/mol. The lowest BCUT2D eigenvalue weighted by atomic mass is 9.88. The van der Waals surface area contributed by atoms with E-state index in [2.05, 4.69) is 4.74 Å². The molecule has 109 valence electrons. The Morgan fingerprint density at radius 2 is 1.48 bits per heavy atom. The summed E-state index contributed by atoms with van der Waals surface area (Å²) < 4.78 is 31.3. The minimum Gasteiger partial charge on any atom is -0.465 e. The number of carbonyl (C=O) groups excluding carboxylic acids is 1. The van der Waals surface area contributed by atoms with Crippen molar-refractivity contribution in [3.05, 3.63) is 76.7 Å². The van der Waals surface area contributed by atoms with Crippen LogP contribution in [0.5, 0.6) is 0 Å². The van der Waals surface area contributed by atoms with Gasteiger partial charge >= 0.3 is 5.97 Å². The van der Waals surface area contributed by atoms with Crippen molar-refractivity contribution in [1.29, 1.82) is 0 Å². The minimum absolute atomic E-state index is 0.420. The van der Waals surface area contributed by atoms with Gasteiger partial charge in [-0.3, -0.25) is 0 Å². The van der Waals surface area contributed by atoms with Crippen molar-refractivity contribution < 1.29 is 18.3 Å². The maximum atomic E-state index is 13.3. The second-order valence-corrected chi connectivity index (χ2v) is 4.56. The lowest BCUT2D eigenvalue weighted by Gasteiger charge is -2.15. The van der Waals surface area contributed by atoms with Crippen LogP contribution in [0.1, 0.15) is 34.8 Å². The molecule has 0 bridgehead atoms. The first-order valence-corrected chi connectivity index (χ1v) is 6.56. The molecule has 0 saturated heterocycles. The van der Waals surface area contributed by atoms with Gasteiger partial charge in [-0.15, -0.1) is 0 Å². The fraction of sp³-hybridized carbons (Fsp3) is 0.176. The van der Waals surface area contributed by atoms with Crippen molar-refractivity contribution in [3.8, 4) is 0 Å². The number of benzene rings is 2. The van der Waals surface area contributed by atoms with Crippen LogP contribution in [0.15, 0.2) is 42.5 Å². The fourth-order valence-electron chi connectivity index (χ4n) is 2.23. The average Bonchev–Trinajstić information content (AvgIpc) is 2.47. The molecule has 0 unspecified atom stereocenters. The Bertz CT molecular complexity index is 615. The number of ether oxygens (including phenoxy) is 1. The summed E-state index contributed by atoms with van der Waals surface area (Å²) in [7, 11) is 1.31. The van der Waals surface area contributed by atoms with E-state index in [0.717, 1.165) is 17.5 Å². The second-order valence-electron chi connectivity index (χ2n) is 4.56. The van der Waals surface area contributed by atoms with Crippen molar-refractivity contribution in [1.82, 2.24) is 0 Å². The van der Waals surface area contributed by atoms with E-state index in [1.54, 1.807) is 24.3 Å². The first kappa shape index (κ1) is 15.2. The Labute approximate surface area is 122 Å². The van der Waals surface area contributed by atoms with Crippen LogP contribution in [0.4, 0.5) is 8.78 Å². The molecule has 4 heteroatoms. The maximum Gasteiger partial charge on any atom is 0.337 e. The van der Waals surface area contributed by atoms with Gasteiger partial charge in [0.1, 0.15) is 11.6 Å². The predicted octanol–water partition coefficient (Wildman–Crippen LogP) is 4.13. The first-order chi connectivity index (χ1) is 10.0. The van der Waals surface area contributed by atoms with Gasteiger partial charge in [0.15, 0.2) is 0 Å². The van der Waals surface area contributed by atoms with E-state index in [9.17, 15) is 13.6 Å².